The predicted octanol–water partition coefficient (Wildman–Crippen LogP) is 2.59. The molecule has 0 spiro atoms. The van der Waals surface area contributed by atoms with Crippen LogP contribution in [0.15, 0.2) is 4.52 Å². The Bertz CT molecular complexity index is 356. The van der Waals surface area contributed by atoms with E-state index in [1.807, 2.05) is 7.05 Å². The molecule has 0 bridgehead atoms. The molecule has 1 N–H and O–H groups in total. The zero-order valence-electron chi connectivity index (χ0n) is 11.8. The molecule has 1 unspecified atom stereocenters. The van der Waals surface area contributed by atoms with Crippen LogP contribution in [-0.2, 0) is 12.8 Å². The SMILES string of the molecule is CNC(C)Cc1noc(CC2CCC(C)CC2)n1. The molecule has 1 heterocycles. The van der Waals surface area contributed by atoms with Crippen LogP contribution in [0.5, 0.6) is 0 Å². The Morgan fingerprint density at radius 1 is 1.33 bits per heavy atom. The van der Waals surface area contributed by atoms with Crippen LogP contribution >= 0.6 is 0 Å². The van der Waals surface area contributed by atoms with E-state index >= 15 is 0 Å². The molecular formula is C14H25N3O. The zero-order chi connectivity index (χ0) is 13.0. The lowest BCUT2D eigenvalue weighted by Crippen LogP contribution is -2.24. The Balaban J connectivity index is 1.83. The average Bonchev–Trinajstić information content (AvgIpc) is 2.79. The van der Waals surface area contributed by atoms with Crippen LogP contribution in [0.4, 0.5) is 0 Å². The van der Waals surface area contributed by atoms with E-state index in [0.29, 0.717) is 6.04 Å². The molecule has 2 rings (SSSR count). The molecule has 1 fully saturated rings. The van der Waals surface area contributed by atoms with E-state index in [9.17, 15) is 0 Å². The van der Waals surface area contributed by atoms with Crippen LogP contribution in [0.25, 0.3) is 0 Å². The van der Waals surface area contributed by atoms with Gasteiger partial charge in [0.25, 0.3) is 0 Å². The minimum atomic E-state index is 0.394. The maximum absolute atomic E-state index is 5.35. The van der Waals surface area contributed by atoms with Crippen molar-refractivity contribution in [3.05, 3.63) is 11.7 Å². The molecular weight excluding hydrogens is 226 g/mol. The van der Waals surface area contributed by atoms with E-state index in [2.05, 4.69) is 29.3 Å². The summed E-state index contributed by atoms with van der Waals surface area (Å²) in [4.78, 5) is 4.49. The van der Waals surface area contributed by atoms with Crippen LogP contribution in [0, 0.1) is 11.8 Å². The standard InChI is InChI=1S/C14H25N3O/c1-10-4-6-12(7-5-10)9-14-16-13(17-18-14)8-11(2)15-3/h10-12,15H,4-9H2,1-3H3. The Morgan fingerprint density at radius 2 is 2.06 bits per heavy atom. The maximum Gasteiger partial charge on any atom is 0.226 e. The summed E-state index contributed by atoms with van der Waals surface area (Å²) in [5.41, 5.74) is 0. The summed E-state index contributed by atoms with van der Waals surface area (Å²) >= 11 is 0. The first-order valence-electron chi connectivity index (χ1n) is 7.16. The van der Waals surface area contributed by atoms with Gasteiger partial charge >= 0.3 is 0 Å². The van der Waals surface area contributed by atoms with Crippen LogP contribution in [-0.4, -0.2) is 23.2 Å². The number of nitrogens with one attached hydrogen (secondary N) is 1. The van der Waals surface area contributed by atoms with Crippen molar-refractivity contribution >= 4 is 0 Å². The van der Waals surface area contributed by atoms with Gasteiger partial charge in [-0.25, -0.2) is 0 Å². The molecule has 0 aromatic carbocycles. The van der Waals surface area contributed by atoms with Gasteiger partial charge in [0.05, 0.1) is 0 Å². The van der Waals surface area contributed by atoms with E-state index in [0.717, 1.165) is 36.4 Å². The second kappa shape index (κ2) is 6.32. The first-order chi connectivity index (χ1) is 8.67. The lowest BCUT2D eigenvalue weighted by atomic mass is 9.81. The van der Waals surface area contributed by atoms with Crippen LogP contribution in [0.2, 0.25) is 0 Å². The highest BCUT2D eigenvalue weighted by atomic mass is 16.5. The summed E-state index contributed by atoms with van der Waals surface area (Å²) in [5.74, 6) is 3.30. The van der Waals surface area contributed by atoms with Crippen molar-refractivity contribution in [3.63, 3.8) is 0 Å². The number of nitrogens with zero attached hydrogens (tertiary/aromatic N) is 2. The number of rotatable bonds is 5. The number of aromatic nitrogens is 2. The lowest BCUT2D eigenvalue weighted by Gasteiger charge is -2.24. The van der Waals surface area contributed by atoms with Gasteiger partial charge in [0.15, 0.2) is 5.82 Å². The van der Waals surface area contributed by atoms with E-state index in [1.165, 1.54) is 25.7 Å². The lowest BCUT2D eigenvalue weighted by molar-refractivity contribution is 0.264. The summed E-state index contributed by atoms with van der Waals surface area (Å²) in [6.45, 7) is 4.47. The molecule has 1 aromatic heterocycles. The molecule has 4 nitrogen and oxygen atoms in total. The summed E-state index contributed by atoms with van der Waals surface area (Å²) in [7, 11) is 1.95. The molecule has 1 aliphatic rings. The zero-order valence-corrected chi connectivity index (χ0v) is 11.8. The number of hydrogen-bond donors (Lipinski definition) is 1. The third kappa shape index (κ3) is 3.80. The highest BCUT2D eigenvalue weighted by Crippen LogP contribution is 2.30. The fourth-order valence-electron chi connectivity index (χ4n) is 2.61. The Morgan fingerprint density at radius 3 is 2.72 bits per heavy atom. The summed E-state index contributed by atoms with van der Waals surface area (Å²) in [6.07, 6.45) is 7.12. The summed E-state index contributed by atoms with van der Waals surface area (Å²) in [6, 6.07) is 0.394. The van der Waals surface area contributed by atoms with Gasteiger partial charge in [0.1, 0.15) is 0 Å². The minimum Gasteiger partial charge on any atom is -0.339 e. The molecule has 1 atom stereocenters. The van der Waals surface area contributed by atoms with Gasteiger partial charge in [0, 0.05) is 18.9 Å². The second-order valence-electron chi connectivity index (χ2n) is 5.83. The molecule has 0 amide bonds. The fourth-order valence-corrected chi connectivity index (χ4v) is 2.61. The van der Waals surface area contributed by atoms with E-state index < -0.39 is 0 Å². The van der Waals surface area contributed by atoms with E-state index in [1.54, 1.807) is 0 Å². The van der Waals surface area contributed by atoms with Gasteiger partial charge in [-0.05, 0) is 38.6 Å². The first kappa shape index (κ1) is 13.5. The van der Waals surface area contributed by atoms with Crippen LogP contribution in [0.3, 0.4) is 0 Å². The first-order valence-corrected chi connectivity index (χ1v) is 7.16. The number of hydrogen-bond acceptors (Lipinski definition) is 4. The smallest absolute Gasteiger partial charge is 0.226 e. The monoisotopic (exact) mass is 251 g/mol. The van der Waals surface area contributed by atoms with Crippen LogP contribution in [0.1, 0.15) is 51.2 Å². The molecule has 18 heavy (non-hydrogen) atoms. The summed E-state index contributed by atoms with van der Waals surface area (Å²) in [5, 5.41) is 7.25. The average molecular weight is 251 g/mol. The molecule has 0 aliphatic heterocycles. The Labute approximate surface area is 110 Å². The molecule has 1 saturated carbocycles. The Kier molecular flexibility index (Phi) is 4.75. The predicted molar refractivity (Wildman–Crippen MR) is 71.3 cm³/mol. The highest BCUT2D eigenvalue weighted by molar-refractivity contribution is 4.91. The molecule has 0 radical (unpaired) electrons. The van der Waals surface area contributed by atoms with Gasteiger partial charge < -0.3 is 9.84 Å². The molecule has 1 aromatic rings. The third-order valence-corrected chi connectivity index (χ3v) is 4.09. The van der Waals surface area contributed by atoms with Gasteiger partial charge in [-0.2, -0.15) is 4.98 Å². The largest absolute Gasteiger partial charge is 0.339 e. The van der Waals surface area contributed by atoms with Gasteiger partial charge in [0.2, 0.25) is 5.89 Å². The summed E-state index contributed by atoms with van der Waals surface area (Å²) < 4.78 is 5.35. The van der Waals surface area contributed by atoms with Gasteiger partial charge in [-0.15, -0.1) is 0 Å². The van der Waals surface area contributed by atoms with E-state index in [-0.39, 0.29) is 0 Å². The van der Waals surface area contributed by atoms with Crippen molar-refractivity contribution in [2.24, 2.45) is 11.8 Å². The van der Waals surface area contributed by atoms with E-state index in [4.69, 9.17) is 4.52 Å². The van der Waals surface area contributed by atoms with Crippen molar-refractivity contribution in [2.45, 2.75) is 58.4 Å². The topological polar surface area (TPSA) is 51.0 Å². The van der Waals surface area contributed by atoms with Crippen molar-refractivity contribution in [2.75, 3.05) is 7.05 Å². The maximum atomic E-state index is 5.35. The van der Waals surface area contributed by atoms with Gasteiger partial charge in [-0.3, -0.25) is 0 Å². The fraction of sp³-hybridized carbons (Fsp3) is 0.857. The molecule has 102 valence electrons. The minimum absolute atomic E-state index is 0.394. The van der Waals surface area contributed by atoms with Crippen molar-refractivity contribution in [1.82, 2.24) is 15.5 Å². The van der Waals surface area contributed by atoms with Gasteiger partial charge in [-0.1, -0.05) is 24.9 Å². The highest BCUT2D eigenvalue weighted by Gasteiger charge is 2.21. The third-order valence-electron chi connectivity index (χ3n) is 4.09. The van der Waals surface area contributed by atoms with Crippen LogP contribution < -0.4 is 5.32 Å². The molecule has 1 aliphatic carbocycles. The van der Waals surface area contributed by atoms with Crippen molar-refractivity contribution < 1.29 is 4.52 Å². The number of likely N-dealkylation sites (N-methyl/N-ethyl adjacent to an activating group) is 1. The molecule has 0 saturated heterocycles. The molecule has 4 heteroatoms. The quantitative estimate of drug-likeness (QED) is 0.874. The van der Waals surface area contributed by atoms with Crippen molar-refractivity contribution in [3.8, 4) is 0 Å². The Hall–Kier alpha value is -0.900. The van der Waals surface area contributed by atoms with Crippen molar-refractivity contribution in [1.29, 1.82) is 0 Å². The normalized spacial score (nSPS) is 26.2. The second-order valence-corrected chi connectivity index (χ2v) is 5.83.